The first-order chi connectivity index (χ1) is 12.1. The molecule has 1 atom stereocenters. The molecule has 2 aromatic rings. The maximum absolute atomic E-state index is 12.7. The summed E-state index contributed by atoms with van der Waals surface area (Å²) in [7, 11) is 0. The van der Waals surface area contributed by atoms with Crippen molar-refractivity contribution in [1.29, 1.82) is 0 Å². The third kappa shape index (κ3) is 4.18. The maximum atomic E-state index is 12.7. The van der Waals surface area contributed by atoms with Crippen LogP contribution in [0.1, 0.15) is 46.8 Å². The first-order valence-electron chi connectivity index (χ1n) is 8.57. The zero-order valence-corrected chi connectivity index (χ0v) is 14.0. The third-order valence-corrected chi connectivity index (χ3v) is 4.59. The Hall–Kier alpha value is -2.82. The van der Waals surface area contributed by atoms with Gasteiger partial charge in [0.25, 0.3) is 0 Å². The van der Waals surface area contributed by atoms with Gasteiger partial charge in [0.05, 0.1) is 11.6 Å². The van der Waals surface area contributed by atoms with Gasteiger partial charge in [0.15, 0.2) is 0 Å². The molecule has 25 heavy (non-hydrogen) atoms. The number of benzene rings is 2. The number of carboxylic acid groups (broad SMARTS) is 1. The average Bonchev–Trinajstić information content (AvgIpc) is 2.67. The van der Waals surface area contributed by atoms with E-state index in [9.17, 15) is 9.59 Å². The number of likely N-dealkylation sites (tertiary alicyclic amines) is 1. The van der Waals surface area contributed by atoms with Crippen LogP contribution in [0.2, 0.25) is 0 Å². The second kappa shape index (κ2) is 7.83. The van der Waals surface area contributed by atoms with Gasteiger partial charge >= 0.3 is 12.0 Å². The third-order valence-electron chi connectivity index (χ3n) is 4.59. The Morgan fingerprint density at radius 3 is 2.44 bits per heavy atom. The zero-order chi connectivity index (χ0) is 17.6. The number of nitrogens with one attached hydrogen (secondary N) is 1. The lowest BCUT2D eigenvalue weighted by Gasteiger charge is -2.36. The van der Waals surface area contributed by atoms with Crippen LogP contribution in [0.3, 0.4) is 0 Å². The molecule has 0 spiro atoms. The number of aromatic carboxylic acids is 1. The molecule has 5 nitrogen and oxygen atoms in total. The van der Waals surface area contributed by atoms with E-state index in [0.717, 1.165) is 31.4 Å². The van der Waals surface area contributed by atoms with Crippen molar-refractivity contribution in [3.05, 3.63) is 71.3 Å². The van der Waals surface area contributed by atoms with E-state index < -0.39 is 5.97 Å². The van der Waals surface area contributed by atoms with Gasteiger partial charge in [-0.25, -0.2) is 9.59 Å². The van der Waals surface area contributed by atoms with Crippen LogP contribution >= 0.6 is 0 Å². The van der Waals surface area contributed by atoms with Gasteiger partial charge in [-0.3, -0.25) is 0 Å². The van der Waals surface area contributed by atoms with Crippen LogP contribution in [0.5, 0.6) is 0 Å². The van der Waals surface area contributed by atoms with Gasteiger partial charge in [0, 0.05) is 13.1 Å². The Balaban J connectivity index is 1.63. The van der Waals surface area contributed by atoms with E-state index in [0.29, 0.717) is 6.54 Å². The van der Waals surface area contributed by atoms with E-state index in [4.69, 9.17) is 5.11 Å². The van der Waals surface area contributed by atoms with E-state index in [1.54, 1.807) is 24.3 Å². The van der Waals surface area contributed by atoms with Gasteiger partial charge in [-0.2, -0.15) is 0 Å². The number of amides is 2. The lowest BCUT2D eigenvalue weighted by molar-refractivity contribution is 0.0697. The van der Waals surface area contributed by atoms with Crippen molar-refractivity contribution >= 4 is 12.0 Å². The first kappa shape index (κ1) is 17.0. The van der Waals surface area contributed by atoms with Crippen molar-refractivity contribution in [2.45, 2.75) is 31.8 Å². The van der Waals surface area contributed by atoms with Gasteiger partial charge in [-0.05, 0) is 42.5 Å². The molecule has 1 saturated heterocycles. The molecule has 1 unspecified atom stereocenters. The fraction of sp³-hybridized carbons (Fsp3) is 0.300. The number of hydrogen-bond donors (Lipinski definition) is 2. The Labute approximate surface area is 147 Å². The van der Waals surface area contributed by atoms with E-state index in [2.05, 4.69) is 17.4 Å². The summed E-state index contributed by atoms with van der Waals surface area (Å²) >= 11 is 0. The van der Waals surface area contributed by atoms with Crippen LogP contribution in [0, 0.1) is 0 Å². The molecule has 1 aliphatic rings. The van der Waals surface area contributed by atoms with E-state index in [1.165, 1.54) is 5.56 Å². The van der Waals surface area contributed by atoms with Crippen LogP contribution in [0.4, 0.5) is 4.79 Å². The van der Waals surface area contributed by atoms with Crippen molar-refractivity contribution in [2.75, 3.05) is 6.54 Å². The summed E-state index contributed by atoms with van der Waals surface area (Å²) in [5.41, 5.74) is 2.30. The molecule has 0 aromatic heterocycles. The number of piperidine rings is 1. The Bertz CT molecular complexity index is 728. The van der Waals surface area contributed by atoms with Crippen LogP contribution < -0.4 is 5.32 Å². The lowest BCUT2D eigenvalue weighted by atomic mass is 9.95. The number of hydrogen-bond acceptors (Lipinski definition) is 2. The summed E-state index contributed by atoms with van der Waals surface area (Å²) < 4.78 is 0. The van der Waals surface area contributed by atoms with Gasteiger partial charge in [0.2, 0.25) is 0 Å². The first-order valence-corrected chi connectivity index (χ1v) is 8.57. The second-order valence-electron chi connectivity index (χ2n) is 6.28. The molecule has 2 amide bonds. The SMILES string of the molecule is O=C(O)c1ccc(CNC(=O)N2CCCCC2c2ccccc2)cc1. The standard InChI is InChI=1S/C20H22N2O3/c23-19(24)17-11-9-15(10-12-17)14-21-20(25)22-13-5-4-8-18(22)16-6-2-1-3-7-16/h1-3,6-7,9-12,18H,4-5,8,13-14H2,(H,21,25)(H,23,24). The molecule has 1 fully saturated rings. The summed E-state index contributed by atoms with van der Waals surface area (Å²) in [6.45, 7) is 1.14. The summed E-state index contributed by atoms with van der Waals surface area (Å²) in [5.74, 6) is -0.949. The molecule has 1 heterocycles. The second-order valence-corrected chi connectivity index (χ2v) is 6.28. The minimum Gasteiger partial charge on any atom is -0.478 e. The highest BCUT2D eigenvalue weighted by Crippen LogP contribution is 2.30. The van der Waals surface area contributed by atoms with Crippen molar-refractivity contribution < 1.29 is 14.7 Å². The molecule has 0 saturated carbocycles. The summed E-state index contributed by atoms with van der Waals surface area (Å²) in [4.78, 5) is 25.4. The van der Waals surface area contributed by atoms with E-state index in [-0.39, 0.29) is 17.6 Å². The van der Waals surface area contributed by atoms with Crippen molar-refractivity contribution in [3.8, 4) is 0 Å². The molecule has 0 radical (unpaired) electrons. The Morgan fingerprint density at radius 1 is 1.04 bits per heavy atom. The van der Waals surface area contributed by atoms with Gasteiger partial charge < -0.3 is 15.3 Å². The summed E-state index contributed by atoms with van der Waals surface area (Å²) in [5, 5.41) is 11.9. The molecule has 0 aliphatic carbocycles. The summed E-state index contributed by atoms with van der Waals surface area (Å²) in [6, 6.07) is 16.7. The van der Waals surface area contributed by atoms with E-state index in [1.807, 2.05) is 23.1 Å². The number of nitrogens with zero attached hydrogens (tertiary/aromatic N) is 1. The fourth-order valence-electron chi connectivity index (χ4n) is 3.24. The monoisotopic (exact) mass is 338 g/mol. The zero-order valence-electron chi connectivity index (χ0n) is 14.0. The van der Waals surface area contributed by atoms with Crippen LogP contribution in [0.15, 0.2) is 54.6 Å². The molecule has 1 aliphatic heterocycles. The maximum Gasteiger partial charge on any atom is 0.335 e. The average molecular weight is 338 g/mol. The number of carbonyl (C=O) groups is 2. The predicted molar refractivity (Wildman–Crippen MR) is 95.4 cm³/mol. The highest BCUT2D eigenvalue weighted by molar-refractivity contribution is 5.87. The minimum atomic E-state index is -0.949. The molecular formula is C20H22N2O3. The molecule has 3 rings (SSSR count). The number of carbonyl (C=O) groups excluding carboxylic acids is 1. The summed E-state index contributed by atoms with van der Waals surface area (Å²) in [6.07, 6.45) is 3.12. The largest absolute Gasteiger partial charge is 0.478 e. The predicted octanol–water partition coefficient (Wildman–Crippen LogP) is 3.82. The highest BCUT2D eigenvalue weighted by atomic mass is 16.4. The Kier molecular flexibility index (Phi) is 5.33. The van der Waals surface area contributed by atoms with Crippen molar-refractivity contribution in [1.82, 2.24) is 10.2 Å². The molecule has 0 bridgehead atoms. The van der Waals surface area contributed by atoms with Crippen molar-refractivity contribution in [2.24, 2.45) is 0 Å². The number of rotatable bonds is 4. The van der Waals surface area contributed by atoms with Crippen LogP contribution in [-0.4, -0.2) is 28.6 Å². The van der Waals surface area contributed by atoms with E-state index >= 15 is 0 Å². The minimum absolute atomic E-state index is 0.0733. The van der Waals surface area contributed by atoms with Gasteiger partial charge in [0.1, 0.15) is 0 Å². The molecule has 5 heteroatoms. The smallest absolute Gasteiger partial charge is 0.335 e. The van der Waals surface area contributed by atoms with Crippen LogP contribution in [0.25, 0.3) is 0 Å². The lowest BCUT2D eigenvalue weighted by Crippen LogP contribution is -2.44. The highest BCUT2D eigenvalue weighted by Gasteiger charge is 2.27. The molecule has 130 valence electrons. The number of urea groups is 1. The normalized spacial score (nSPS) is 17.1. The number of carboxylic acids is 1. The topological polar surface area (TPSA) is 69.6 Å². The van der Waals surface area contributed by atoms with Crippen LogP contribution in [-0.2, 0) is 6.54 Å². The van der Waals surface area contributed by atoms with Gasteiger partial charge in [-0.15, -0.1) is 0 Å². The quantitative estimate of drug-likeness (QED) is 0.890. The van der Waals surface area contributed by atoms with Gasteiger partial charge in [-0.1, -0.05) is 42.5 Å². The van der Waals surface area contributed by atoms with Crippen molar-refractivity contribution in [3.63, 3.8) is 0 Å². The Morgan fingerprint density at radius 2 is 1.76 bits per heavy atom. The molecule has 2 aromatic carbocycles. The molecule has 2 N–H and O–H groups in total. The fourth-order valence-corrected chi connectivity index (χ4v) is 3.24. The molecular weight excluding hydrogens is 316 g/mol.